The molecule has 1 aromatic rings. The molecule has 1 unspecified atom stereocenters. The van der Waals surface area contributed by atoms with Crippen LogP contribution in [0, 0.1) is 21.8 Å². The fraction of sp³-hybridized carbons (Fsp3) is 0.455. The number of ether oxygens (including phenoxy) is 1. The van der Waals surface area contributed by atoms with Crippen molar-refractivity contribution in [3.05, 3.63) is 33.1 Å². The highest BCUT2D eigenvalue weighted by atomic mass is 79.9. The number of nitro groups is 1. The van der Waals surface area contributed by atoms with Crippen molar-refractivity contribution in [3.63, 3.8) is 0 Å². The lowest BCUT2D eigenvalue weighted by molar-refractivity contribution is -0.387. The predicted octanol–water partition coefficient (Wildman–Crippen LogP) is 4.19. The molecule has 0 saturated carbocycles. The lowest BCUT2D eigenvalue weighted by Crippen LogP contribution is -2.12. The van der Waals surface area contributed by atoms with Gasteiger partial charge in [-0.3, -0.25) is 10.1 Å². The summed E-state index contributed by atoms with van der Waals surface area (Å²) in [6.07, 6.45) is 0.901. The SMILES string of the molecule is CCC(CBr)COc1cc(F)c([N+](=O)[O-])cc1Cl. The maximum Gasteiger partial charge on any atom is 0.306 e. The third-order valence-corrected chi connectivity index (χ3v) is 3.68. The highest BCUT2D eigenvalue weighted by Crippen LogP contribution is 2.31. The van der Waals surface area contributed by atoms with Gasteiger partial charge in [-0.05, 0) is 6.42 Å². The van der Waals surface area contributed by atoms with E-state index in [1.807, 2.05) is 6.92 Å². The highest BCUT2D eigenvalue weighted by Gasteiger charge is 2.18. The Morgan fingerprint density at radius 1 is 1.61 bits per heavy atom. The molecule has 0 aromatic heterocycles. The molecule has 0 radical (unpaired) electrons. The molecule has 7 heteroatoms. The van der Waals surface area contributed by atoms with Crippen molar-refractivity contribution >= 4 is 33.2 Å². The zero-order valence-corrected chi connectivity index (χ0v) is 12.0. The van der Waals surface area contributed by atoms with Crippen LogP contribution in [0.3, 0.4) is 0 Å². The minimum absolute atomic E-state index is 0.0347. The maximum atomic E-state index is 13.4. The van der Waals surface area contributed by atoms with E-state index in [0.717, 1.165) is 23.9 Å². The molecule has 1 rings (SSSR count). The van der Waals surface area contributed by atoms with Crippen molar-refractivity contribution in [2.45, 2.75) is 13.3 Å². The Morgan fingerprint density at radius 3 is 2.78 bits per heavy atom. The Kier molecular flexibility index (Phi) is 5.81. The fourth-order valence-electron chi connectivity index (χ4n) is 1.25. The zero-order chi connectivity index (χ0) is 13.7. The average molecular weight is 341 g/mol. The van der Waals surface area contributed by atoms with Gasteiger partial charge in [0.15, 0.2) is 0 Å². The second-order valence-corrected chi connectivity index (χ2v) is 4.79. The second kappa shape index (κ2) is 6.89. The molecule has 0 amide bonds. The van der Waals surface area contributed by atoms with E-state index in [2.05, 4.69) is 15.9 Å². The van der Waals surface area contributed by atoms with Gasteiger partial charge in [-0.1, -0.05) is 34.5 Å². The fourth-order valence-corrected chi connectivity index (χ4v) is 2.10. The first-order valence-corrected chi connectivity index (χ1v) is 6.81. The smallest absolute Gasteiger partial charge is 0.306 e. The maximum absolute atomic E-state index is 13.4. The first kappa shape index (κ1) is 15.2. The Balaban J connectivity index is 2.85. The summed E-state index contributed by atoms with van der Waals surface area (Å²) in [6.45, 7) is 2.38. The van der Waals surface area contributed by atoms with Crippen molar-refractivity contribution in [2.24, 2.45) is 5.92 Å². The topological polar surface area (TPSA) is 52.4 Å². The van der Waals surface area contributed by atoms with Gasteiger partial charge in [0.05, 0.1) is 16.6 Å². The van der Waals surface area contributed by atoms with Crippen LogP contribution in [0.25, 0.3) is 0 Å². The molecule has 1 atom stereocenters. The number of nitrogens with zero attached hydrogens (tertiary/aromatic N) is 1. The van der Waals surface area contributed by atoms with Gasteiger partial charge in [-0.25, -0.2) is 0 Å². The molecular formula is C11H12BrClFNO3. The van der Waals surface area contributed by atoms with Crippen molar-refractivity contribution in [3.8, 4) is 5.75 Å². The van der Waals surface area contributed by atoms with Crippen LogP contribution >= 0.6 is 27.5 Å². The van der Waals surface area contributed by atoms with Crippen LogP contribution in [-0.2, 0) is 0 Å². The Morgan fingerprint density at radius 2 is 2.28 bits per heavy atom. The third kappa shape index (κ3) is 3.81. The van der Waals surface area contributed by atoms with Gasteiger partial charge in [0.25, 0.3) is 0 Å². The summed E-state index contributed by atoms with van der Waals surface area (Å²) in [5.74, 6) is -0.551. The number of hydrogen-bond donors (Lipinski definition) is 0. The van der Waals surface area contributed by atoms with Crippen LogP contribution in [0.2, 0.25) is 5.02 Å². The normalized spacial score (nSPS) is 12.2. The lowest BCUT2D eigenvalue weighted by Gasteiger charge is -2.14. The lowest BCUT2D eigenvalue weighted by atomic mass is 10.1. The van der Waals surface area contributed by atoms with Crippen LogP contribution in [0.4, 0.5) is 10.1 Å². The first-order valence-electron chi connectivity index (χ1n) is 5.31. The molecule has 0 spiro atoms. The molecule has 0 bridgehead atoms. The van der Waals surface area contributed by atoms with Gasteiger partial charge in [-0.15, -0.1) is 0 Å². The average Bonchev–Trinajstić information content (AvgIpc) is 2.33. The number of halogens is 3. The van der Waals surface area contributed by atoms with Crippen LogP contribution in [-0.4, -0.2) is 16.9 Å². The van der Waals surface area contributed by atoms with Crippen LogP contribution in [0.5, 0.6) is 5.75 Å². The molecule has 0 aliphatic heterocycles. The van der Waals surface area contributed by atoms with E-state index < -0.39 is 16.4 Å². The van der Waals surface area contributed by atoms with E-state index >= 15 is 0 Å². The molecule has 0 heterocycles. The summed E-state index contributed by atoms with van der Waals surface area (Å²) in [5.41, 5.74) is -0.653. The Labute approximate surface area is 117 Å². The first-order chi connectivity index (χ1) is 8.49. The molecule has 4 nitrogen and oxygen atoms in total. The minimum Gasteiger partial charge on any atom is -0.492 e. The summed E-state index contributed by atoms with van der Waals surface area (Å²) >= 11 is 9.14. The number of benzene rings is 1. The quantitative estimate of drug-likeness (QED) is 0.443. The van der Waals surface area contributed by atoms with Crippen molar-refractivity contribution in [1.29, 1.82) is 0 Å². The number of nitro benzene ring substituents is 1. The van der Waals surface area contributed by atoms with Crippen LogP contribution < -0.4 is 4.74 Å². The molecule has 0 N–H and O–H groups in total. The molecule has 100 valence electrons. The van der Waals surface area contributed by atoms with Crippen LogP contribution in [0.1, 0.15) is 13.3 Å². The summed E-state index contributed by atoms with van der Waals surface area (Å²) in [7, 11) is 0. The van der Waals surface area contributed by atoms with Gasteiger partial charge >= 0.3 is 5.69 Å². The molecule has 18 heavy (non-hydrogen) atoms. The van der Waals surface area contributed by atoms with Crippen LogP contribution in [0.15, 0.2) is 12.1 Å². The largest absolute Gasteiger partial charge is 0.492 e. The van der Waals surface area contributed by atoms with Gasteiger partial charge in [-0.2, -0.15) is 4.39 Å². The highest BCUT2D eigenvalue weighted by molar-refractivity contribution is 9.09. The van der Waals surface area contributed by atoms with Crippen molar-refractivity contribution in [1.82, 2.24) is 0 Å². The monoisotopic (exact) mass is 339 g/mol. The predicted molar refractivity (Wildman–Crippen MR) is 71.1 cm³/mol. The Hall–Kier alpha value is -0.880. The summed E-state index contributed by atoms with van der Waals surface area (Å²) in [5, 5.41) is 11.3. The molecular weight excluding hydrogens is 328 g/mol. The van der Waals surface area contributed by atoms with E-state index in [0.29, 0.717) is 6.61 Å². The minimum atomic E-state index is -0.953. The molecule has 0 aliphatic carbocycles. The third-order valence-electron chi connectivity index (χ3n) is 2.47. The summed E-state index contributed by atoms with van der Waals surface area (Å²) in [4.78, 5) is 9.68. The molecule has 1 aromatic carbocycles. The van der Waals surface area contributed by atoms with Gasteiger partial charge in [0.1, 0.15) is 5.75 Å². The van der Waals surface area contributed by atoms with Gasteiger partial charge < -0.3 is 4.74 Å². The number of alkyl halides is 1. The van der Waals surface area contributed by atoms with Crippen molar-refractivity contribution < 1.29 is 14.1 Å². The molecule has 0 saturated heterocycles. The number of hydrogen-bond acceptors (Lipinski definition) is 3. The van der Waals surface area contributed by atoms with Crippen molar-refractivity contribution in [2.75, 3.05) is 11.9 Å². The van der Waals surface area contributed by atoms with Gasteiger partial charge in [0.2, 0.25) is 5.82 Å². The van der Waals surface area contributed by atoms with E-state index in [4.69, 9.17) is 16.3 Å². The second-order valence-electron chi connectivity index (χ2n) is 3.73. The number of rotatable bonds is 6. The molecule has 0 aliphatic rings. The summed E-state index contributed by atoms with van der Waals surface area (Å²) < 4.78 is 18.8. The van der Waals surface area contributed by atoms with E-state index in [1.54, 1.807) is 0 Å². The van der Waals surface area contributed by atoms with E-state index in [9.17, 15) is 14.5 Å². The standard InChI is InChI=1S/C11H12BrClFNO3/c1-2-7(5-12)6-18-11-4-9(14)10(15(16)17)3-8(11)13/h3-4,7H,2,5-6H2,1H3. The summed E-state index contributed by atoms with van der Waals surface area (Å²) in [6, 6.07) is 1.91. The van der Waals surface area contributed by atoms with E-state index in [1.165, 1.54) is 0 Å². The zero-order valence-electron chi connectivity index (χ0n) is 9.66. The van der Waals surface area contributed by atoms with E-state index in [-0.39, 0.29) is 16.7 Å². The molecule has 0 fully saturated rings. The van der Waals surface area contributed by atoms with Gasteiger partial charge in [0, 0.05) is 23.4 Å². The Bertz CT molecular complexity index is 441.